The van der Waals surface area contributed by atoms with Gasteiger partial charge in [0.25, 0.3) is 0 Å². The minimum atomic E-state index is -0.241. The van der Waals surface area contributed by atoms with Crippen molar-refractivity contribution in [2.75, 3.05) is 13.1 Å². The fourth-order valence-corrected chi connectivity index (χ4v) is 3.51. The molecule has 2 aromatic rings. The number of rotatable bonds is 5. The van der Waals surface area contributed by atoms with Crippen molar-refractivity contribution in [1.82, 2.24) is 14.9 Å². The SMILES string of the molecule is C=CC(=O)N1CCC(c2c[nH]c3ncc(CC(=O)OC(C)C)cc23)CC1. The van der Waals surface area contributed by atoms with Crippen LogP contribution < -0.4 is 0 Å². The lowest BCUT2D eigenvalue weighted by Crippen LogP contribution is -2.36. The zero-order valence-corrected chi connectivity index (χ0v) is 15.3. The van der Waals surface area contributed by atoms with Crippen LogP contribution in [0.2, 0.25) is 0 Å². The van der Waals surface area contributed by atoms with Crippen molar-refractivity contribution in [3.63, 3.8) is 0 Å². The average molecular weight is 355 g/mol. The predicted octanol–water partition coefficient (Wildman–Crippen LogP) is 2.95. The molecule has 0 spiro atoms. The lowest BCUT2D eigenvalue weighted by atomic mass is 9.89. The fourth-order valence-electron chi connectivity index (χ4n) is 3.51. The molecule has 0 atom stereocenters. The Balaban J connectivity index is 1.75. The van der Waals surface area contributed by atoms with E-state index in [1.54, 1.807) is 6.20 Å². The monoisotopic (exact) mass is 355 g/mol. The number of piperidine rings is 1. The van der Waals surface area contributed by atoms with E-state index in [-0.39, 0.29) is 24.4 Å². The maximum atomic E-state index is 11.9. The predicted molar refractivity (Wildman–Crippen MR) is 99.8 cm³/mol. The van der Waals surface area contributed by atoms with Gasteiger partial charge in [0, 0.05) is 30.9 Å². The van der Waals surface area contributed by atoms with Crippen LogP contribution >= 0.6 is 0 Å². The quantitative estimate of drug-likeness (QED) is 0.661. The first-order valence-corrected chi connectivity index (χ1v) is 9.04. The van der Waals surface area contributed by atoms with Crippen LogP contribution in [0.3, 0.4) is 0 Å². The molecule has 0 aliphatic carbocycles. The van der Waals surface area contributed by atoms with Gasteiger partial charge in [0.15, 0.2) is 0 Å². The number of hydrogen-bond donors (Lipinski definition) is 1. The van der Waals surface area contributed by atoms with E-state index in [1.807, 2.05) is 31.0 Å². The number of ether oxygens (including phenoxy) is 1. The van der Waals surface area contributed by atoms with E-state index in [0.717, 1.165) is 42.5 Å². The summed E-state index contributed by atoms with van der Waals surface area (Å²) in [6.45, 7) is 8.70. The number of amides is 1. The Kier molecular flexibility index (Phi) is 5.40. The van der Waals surface area contributed by atoms with Gasteiger partial charge in [-0.1, -0.05) is 6.58 Å². The maximum Gasteiger partial charge on any atom is 0.310 e. The summed E-state index contributed by atoms with van der Waals surface area (Å²) in [6, 6.07) is 2.02. The molecule has 0 bridgehead atoms. The van der Waals surface area contributed by atoms with Gasteiger partial charge in [-0.2, -0.15) is 0 Å². The van der Waals surface area contributed by atoms with E-state index in [4.69, 9.17) is 4.74 Å². The van der Waals surface area contributed by atoms with Crippen LogP contribution in [0, 0.1) is 0 Å². The van der Waals surface area contributed by atoms with Gasteiger partial charge < -0.3 is 14.6 Å². The highest BCUT2D eigenvalue weighted by Crippen LogP contribution is 2.33. The largest absolute Gasteiger partial charge is 0.463 e. The molecule has 1 N–H and O–H groups in total. The maximum absolute atomic E-state index is 11.9. The van der Waals surface area contributed by atoms with E-state index in [1.165, 1.54) is 11.6 Å². The number of aromatic nitrogens is 2. The molecule has 6 nitrogen and oxygen atoms in total. The molecule has 0 radical (unpaired) electrons. The minimum Gasteiger partial charge on any atom is -0.463 e. The van der Waals surface area contributed by atoms with E-state index < -0.39 is 0 Å². The van der Waals surface area contributed by atoms with Gasteiger partial charge >= 0.3 is 5.97 Å². The Morgan fingerprint density at radius 2 is 2.15 bits per heavy atom. The number of aromatic amines is 1. The van der Waals surface area contributed by atoms with E-state index in [2.05, 4.69) is 16.5 Å². The first kappa shape index (κ1) is 18.2. The van der Waals surface area contributed by atoms with Crippen molar-refractivity contribution in [2.24, 2.45) is 0 Å². The highest BCUT2D eigenvalue weighted by atomic mass is 16.5. The Morgan fingerprint density at radius 3 is 2.81 bits per heavy atom. The van der Waals surface area contributed by atoms with Gasteiger partial charge in [-0.25, -0.2) is 4.98 Å². The normalized spacial score (nSPS) is 15.4. The van der Waals surface area contributed by atoms with Gasteiger partial charge in [0.2, 0.25) is 5.91 Å². The lowest BCUT2D eigenvalue weighted by molar-refractivity contribution is -0.146. The zero-order chi connectivity index (χ0) is 18.7. The summed E-state index contributed by atoms with van der Waals surface area (Å²) in [4.78, 5) is 33.2. The van der Waals surface area contributed by atoms with E-state index in [0.29, 0.717) is 5.92 Å². The second kappa shape index (κ2) is 7.72. The summed E-state index contributed by atoms with van der Waals surface area (Å²) in [6.07, 6.45) is 7.01. The molecule has 1 fully saturated rings. The summed E-state index contributed by atoms with van der Waals surface area (Å²) in [7, 11) is 0. The smallest absolute Gasteiger partial charge is 0.310 e. The van der Waals surface area contributed by atoms with Crippen molar-refractivity contribution < 1.29 is 14.3 Å². The number of H-pyrrole nitrogens is 1. The number of esters is 1. The van der Waals surface area contributed by atoms with Crippen LogP contribution in [0.1, 0.15) is 43.7 Å². The number of carbonyl (C=O) groups excluding carboxylic acids is 2. The molecule has 1 saturated heterocycles. The molecule has 0 unspecified atom stereocenters. The van der Waals surface area contributed by atoms with E-state index >= 15 is 0 Å². The molecule has 1 aliphatic heterocycles. The molecule has 1 amide bonds. The number of nitrogens with one attached hydrogen (secondary N) is 1. The summed E-state index contributed by atoms with van der Waals surface area (Å²) < 4.78 is 5.22. The molecule has 26 heavy (non-hydrogen) atoms. The number of likely N-dealkylation sites (tertiary alicyclic amines) is 1. The van der Waals surface area contributed by atoms with Crippen molar-refractivity contribution in [3.8, 4) is 0 Å². The van der Waals surface area contributed by atoms with Crippen LogP contribution in [-0.2, 0) is 20.7 Å². The molecule has 1 aliphatic rings. The summed E-state index contributed by atoms with van der Waals surface area (Å²) in [5.41, 5.74) is 2.88. The van der Waals surface area contributed by atoms with Gasteiger partial charge in [-0.3, -0.25) is 9.59 Å². The van der Waals surface area contributed by atoms with Gasteiger partial charge in [0.1, 0.15) is 5.65 Å². The zero-order valence-electron chi connectivity index (χ0n) is 15.3. The molecular formula is C20H25N3O3. The lowest BCUT2D eigenvalue weighted by Gasteiger charge is -2.31. The van der Waals surface area contributed by atoms with Gasteiger partial charge in [0.05, 0.1) is 12.5 Å². The highest BCUT2D eigenvalue weighted by molar-refractivity contribution is 5.87. The molecule has 0 aromatic carbocycles. The minimum absolute atomic E-state index is 0.00463. The Morgan fingerprint density at radius 1 is 1.42 bits per heavy atom. The van der Waals surface area contributed by atoms with Crippen LogP contribution in [0.5, 0.6) is 0 Å². The topological polar surface area (TPSA) is 75.3 Å². The first-order valence-electron chi connectivity index (χ1n) is 9.04. The van der Waals surface area contributed by atoms with Crippen LogP contribution in [0.25, 0.3) is 11.0 Å². The second-order valence-electron chi connectivity index (χ2n) is 7.00. The molecule has 3 rings (SSSR count). The Hall–Kier alpha value is -2.63. The van der Waals surface area contributed by atoms with Crippen molar-refractivity contribution in [3.05, 3.63) is 42.2 Å². The number of fused-ring (bicyclic) bond motifs is 1. The molecular weight excluding hydrogens is 330 g/mol. The van der Waals surface area contributed by atoms with Crippen LogP contribution in [-0.4, -0.2) is 45.9 Å². The number of nitrogens with zero attached hydrogens (tertiary/aromatic N) is 2. The third-order valence-electron chi connectivity index (χ3n) is 4.76. The molecule has 2 aromatic heterocycles. The van der Waals surface area contributed by atoms with Crippen LogP contribution in [0.15, 0.2) is 31.1 Å². The second-order valence-corrected chi connectivity index (χ2v) is 7.00. The first-order chi connectivity index (χ1) is 12.5. The van der Waals surface area contributed by atoms with E-state index in [9.17, 15) is 9.59 Å². The van der Waals surface area contributed by atoms with Crippen LogP contribution in [0.4, 0.5) is 0 Å². The summed E-state index contributed by atoms with van der Waals surface area (Å²) in [5, 5.41) is 1.05. The fraction of sp³-hybridized carbons (Fsp3) is 0.450. The number of hydrogen-bond acceptors (Lipinski definition) is 4. The average Bonchev–Trinajstić information content (AvgIpc) is 3.03. The molecule has 0 saturated carbocycles. The van der Waals surface area contributed by atoms with Crippen molar-refractivity contribution in [2.45, 2.75) is 45.1 Å². The van der Waals surface area contributed by atoms with Crippen molar-refractivity contribution >= 4 is 22.9 Å². The standard InChI is InChI=1S/C20H25N3O3/c1-4-18(24)23-7-5-15(6-8-23)17-12-22-20-16(17)9-14(11-21-20)10-19(25)26-13(2)3/h4,9,11-13,15H,1,5-8,10H2,2-3H3,(H,21,22). The highest BCUT2D eigenvalue weighted by Gasteiger charge is 2.24. The summed E-state index contributed by atoms with van der Waals surface area (Å²) >= 11 is 0. The summed E-state index contributed by atoms with van der Waals surface area (Å²) in [5.74, 6) is 0.127. The molecule has 3 heterocycles. The molecule has 6 heteroatoms. The third kappa shape index (κ3) is 3.95. The van der Waals surface area contributed by atoms with Crippen molar-refractivity contribution in [1.29, 1.82) is 0 Å². The number of carbonyl (C=O) groups is 2. The molecule has 138 valence electrons. The third-order valence-corrected chi connectivity index (χ3v) is 4.76. The van der Waals surface area contributed by atoms with Gasteiger partial charge in [-0.15, -0.1) is 0 Å². The number of pyridine rings is 1. The Labute approximate surface area is 153 Å². The van der Waals surface area contributed by atoms with Gasteiger partial charge in [-0.05, 0) is 55.9 Å². The Bertz CT molecular complexity index is 817.